The molecule has 1 heterocycles. The van der Waals surface area contributed by atoms with E-state index >= 15 is 0 Å². The molecular formula is C19H25ClN2O4. The molecule has 1 aliphatic rings. The number of anilines is 1. The van der Waals surface area contributed by atoms with Gasteiger partial charge in [-0.15, -0.1) is 0 Å². The Hall–Kier alpha value is -2.08. The number of amides is 2. The van der Waals surface area contributed by atoms with Crippen molar-refractivity contribution < 1.29 is 19.5 Å². The van der Waals surface area contributed by atoms with E-state index in [1.54, 1.807) is 18.2 Å². The van der Waals surface area contributed by atoms with Crippen LogP contribution in [-0.2, 0) is 9.59 Å². The maximum absolute atomic E-state index is 12.9. The van der Waals surface area contributed by atoms with Gasteiger partial charge >= 0.3 is 5.97 Å². The third-order valence-electron chi connectivity index (χ3n) is 4.37. The van der Waals surface area contributed by atoms with Crippen LogP contribution in [0.2, 0.25) is 5.02 Å². The minimum Gasteiger partial charge on any atom is -0.481 e. The number of halogens is 1. The number of likely N-dealkylation sites (tertiary alicyclic amines) is 1. The first-order valence-electron chi connectivity index (χ1n) is 8.78. The largest absolute Gasteiger partial charge is 0.481 e. The lowest BCUT2D eigenvalue weighted by Crippen LogP contribution is -2.45. The summed E-state index contributed by atoms with van der Waals surface area (Å²) in [5, 5.41) is 12.3. The molecule has 1 aromatic carbocycles. The number of carboxylic acids is 1. The summed E-state index contributed by atoms with van der Waals surface area (Å²) in [6.45, 7) is 6.49. The lowest BCUT2D eigenvalue weighted by atomic mass is 9.90. The number of hydrogen-bond donors (Lipinski definition) is 2. The molecule has 1 aliphatic heterocycles. The van der Waals surface area contributed by atoms with E-state index in [0.717, 1.165) is 0 Å². The topological polar surface area (TPSA) is 86.7 Å². The molecule has 1 fully saturated rings. The Labute approximate surface area is 158 Å². The minimum atomic E-state index is -0.893. The highest BCUT2D eigenvalue weighted by atomic mass is 35.5. The van der Waals surface area contributed by atoms with Crippen LogP contribution in [0, 0.1) is 17.8 Å². The molecular weight excluding hydrogens is 356 g/mol. The van der Waals surface area contributed by atoms with Crippen LogP contribution in [0.25, 0.3) is 0 Å². The van der Waals surface area contributed by atoms with Crippen molar-refractivity contribution >= 4 is 35.1 Å². The van der Waals surface area contributed by atoms with E-state index in [1.165, 1.54) is 4.90 Å². The van der Waals surface area contributed by atoms with Gasteiger partial charge in [0, 0.05) is 25.2 Å². The molecule has 0 saturated carbocycles. The number of nitrogens with one attached hydrogen (secondary N) is 1. The van der Waals surface area contributed by atoms with Crippen molar-refractivity contribution in [2.75, 3.05) is 18.4 Å². The Bertz CT molecular complexity index is 705. The van der Waals surface area contributed by atoms with Crippen molar-refractivity contribution in [3.05, 3.63) is 28.8 Å². The lowest BCUT2D eigenvalue weighted by Gasteiger charge is -2.35. The molecule has 26 heavy (non-hydrogen) atoms. The van der Waals surface area contributed by atoms with E-state index in [1.807, 2.05) is 20.8 Å². The van der Waals surface area contributed by atoms with Crippen LogP contribution >= 0.6 is 11.6 Å². The van der Waals surface area contributed by atoms with Gasteiger partial charge in [0.25, 0.3) is 5.91 Å². The summed E-state index contributed by atoms with van der Waals surface area (Å²) in [7, 11) is 0. The van der Waals surface area contributed by atoms with Crippen LogP contribution < -0.4 is 5.32 Å². The van der Waals surface area contributed by atoms with Crippen molar-refractivity contribution in [2.24, 2.45) is 17.8 Å². The van der Waals surface area contributed by atoms with Gasteiger partial charge in [-0.3, -0.25) is 14.4 Å². The van der Waals surface area contributed by atoms with Gasteiger partial charge in [-0.2, -0.15) is 0 Å². The molecule has 2 unspecified atom stereocenters. The normalized spacial score (nSPS) is 20.1. The van der Waals surface area contributed by atoms with Crippen LogP contribution in [0.5, 0.6) is 0 Å². The summed E-state index contributed by atoms with van der Waals surface area (Å²) in [5.41, 5.74) is 0.774. The van der Waals surface area contributed by atoms with Crippen molar-refractivity contribution in [2.45, 2.75) is 33.6 Å². The van der Waals surface area contributed by atoms with E-state index in [2.05, 4.69) is 5.32 Å². The highest BCUT2D eigenvalue weighted by Gasteiger charge is 2.33. The van der Waals surface area contributed by atoms with Gasteiger partial charge in [0.15, 0.2) is 0 Å². The van der Waals surface area contributed by atoms with Crippen LogP contribution in [0.1, 0.15) is 44.0 Å². The average molecular weight is 381 g/mol. The van der Waals surface area contributed by atoms with Crippen molar-refractivity contribution in [3.8, 4) is 0 Å². The molecule has 0 aliphatic carbocycles. The second-order valence-corrected chi connectivity index (χ2v) is 7.83. The quantitative estimate of drug-likeness (QED) is 0.818. The summed E-state index contributed by atoms with van der Waals surface area (Å²) in [5.74, 6) is -1.58. The molecule has 2 rings (SSSR count). The molecule has 1 saturated heterocycles. The summed E-state index contributed by atoms with van der Waals surface area (Å²) in [6.07, 6.45) is 0.938. The summed E-state index contributed by atoms with van der Waals surface area (Å²) in [6, 6.07) is 4.77. The fourth-order valence-corrected chi connectivity index (χ4v) is 3.41. The predicted molar refractivity (Wildman–Crippen MR) is 100 cm³/mol. The van der Waals surface area contributed by atoms with Crippen LogP contribution in [-0.4, -0.2) is 40.9 Å². The first-order chi connectivity index (χ1) is 12.2. The second-order valence-electron chi connectivity index (χ2n) is 7.43. The maximum atomic E-state index is 12.9. The molecule has 2 atom stereocenters. The molecule has 0 bridgehead atoms. The van der Waals surface area contributed by atoms with Gasteiger partial charge in [0.2, 0.25) is 5.91 Å². The molecule has 0 aromatic heterocycles. The zero-order valence-corrected chi connectivity index (χ0v) is 16.0. The van der Waals surface area contributed by atoms with Crippen molar-refractivity contribution in [1.82, 2.24) is 4.90 Å². The molecule has 6 nitrogen and oxygen atoms in total. The van der Waals surface area contributed by atoms with Gasteiger partial charge in [-0.25, -0.2) is 0 Å². The zero-order valence-electron chi connectivity index (χ0n) is 15.3. The number of carbonyl (C=O) groups is 3. The number of hydrogen-bond acceptors (Lipinski definition) is 3. The number of nitrogens with zero attached hydrogens (tertiary/aromatic N) is 1. The minimum absolute atomic E-state index is 0.0986. The van der Waals surface area contributed by atoms with E-state index in [-0.39, 0.29) is 40.8 Å². The molecule has 2 amide bonds. The molecule has 142 valence electrons. The van der Waals surface area contributed by atoms with E-state index in [0.29, 0.717) is 25.1 Å². The molecule has 2 N–H and O–H groups in total. The Balaban J connectivity index is 2.18. The first-order valence-corrected chi connectivity index (χ1v) is 9.16. The number of benzene rings is 1. The Kier molecular flexibility index (Phi) is 6.64. The monoisotopic (exact) mass is 380 g/mol. The Morgan fingerprint density at radius 3 is 2.62 bits per heavy atom. The number of carbonyl (C=O) groups excluding carboxylic acids is 2. The molecule has 0 radical (unpaired) electrons. The maximum Gasteiger partial charge on any atom is 0.308 e. The lowest BCUT2D eigenvalue weighted by molar-refractivity contribution is -0.143. The fourth-order valence-electron chi connectivity index (χ4n) is 3.22. The Morgan fingerprint density at radius 2 is 2.00 bits per heavy atom. The van der Waals surface area contributed by atoms with Gasteiger partial charge in [-0.05, 0) is 36.5 Å². The number of rotatable bonds is 5. The van der Waals surface area contributed by atoms with Crippen LogP contribution in [0.15, 0.2) is 18.2 Å². The summed E-state index contributed by atoms with van der Waals surface area (Å²) < 4.78 is 0. The van der Waals surface area contributed by atoms with Crippen molar-refractivity contribution in [1.29, 1.82) is 0 Å². The molecule has 1 aromatic rings. The summed E-state index contributed by atoms with van der Waals surface area (Å²) in [4.78, 5) is 37.7. The first kappa shape index (κ1) is 20.2. The van der Waals surface area contributed by atoms with Gasteiger partial charge in [0.1, 0.15) is 0 Å². The van der Waals surface area contributed by atoms with Gasteiger partial charge < -0.3 is 15.3 Å². The summed E-state index contributed by atoms with van der Waals surface area (Å²) >= 11 is 6.19. The van der Waals surface area contributed by atoms with Crippen LogP contribution in [0.4, 0.5) is 5.69 Å². The number of piperidine rings is 1. The van der Waals surface area contributed by atoms with E-state index < -0.39 is 11.9 Å². The molecule has 0 spiro atoms. The van der Waals surface area contributed by atoms with Gasteiger partial charge in [0.05, 0.1) is 16.5 Å². The molecule has 7 heteroatoms. The smallest absolute Gasteiger partial charge is 0.308 e. The SMILES string of the molecule is CC(C)CC(=O)Nc1ccc(Cl)c(C(=O)N2CC(C)CC(C(=O)O)C2)c1. The number of aliphatic carboxylic acids is 1. The average Bonchev–Trinajstić information content (AvgIpc) is 2.54. The Morgan fingerprint density at radius 1 is 1.31 bits per heavy atom. The second kappa shape index (κ2) is 8.54. The van der Waals surface area contributed by atoms with E-state index in [4.69, 9.17) is 11.6 Å². The van der Waals surface area contributed by atoms with Crippen LogP contribution in [0.3, 0.4) is 0 Å². The van der Waals surface area contributed by atoms with E-state index in [9.17, 15) is 19.5 Å². The zero-order chi connectivity index (χ0) is 19.4. The highest BCUT2D eigenvalue weighted by Crippen LogP contribution is 2.27. The highest BCUT2D eigenvalue weighted by molar-refractivity contribution is 6.34. The number of carboxylic acid groups (broad SMARTS) is 1. The van der Waals surface area contributed by atoms with Crippen molar-refractivity contribution in [3.63, 3.8) is 0 Å². The standard InChI is InChI=1S/C19H25ClN2O4/c1-11(2)6-17(23)21-14-4-5-16(20)15(8-14)18(24)22-9-12(3)7-13(10-22)19(25)26/h4-5,8,11-13H,6-7,9-10H2,1-3H3,(H,21,23)(H,25,26). The third kappa shape index (κ3) is 5.21. The third-order valence-corrected chi connectivity index (χ3v) is 4.70. The fraction of sp³-hybridized carbons (Fsp3) is 0.526. The van der Waals surface area contributed by atoms with Gasteiger partial charge in [-0.1, -0.05) is 32.4 Å². The predicted octanol–water partition coefficient (Wildman–Crippen LogP) is 3.51.